The lowest BCUT2D eigenvalue weighted by Crippen LogP contribution is -2.37. The summed E-state index contributed by atoms with van der Waals surface area (Å²) in [5.74, 6) is 1.72. The number of nitrogens with one attached hydrogen (secondary N) is 2. The van der Waals surface area contributed by atoms with Crippen LogP contribution >= 0.6 is 24.0 Å². The minimum atomic E-state index is 0. The highest BCUT2D eigenvalue weighted by Crippen LogP contribution is 2.27. The highest BCUT2D eigenvalue weighted by molar-refractivity contribution is 14.0. The van der Waals surface area contributed by atoms with Gasteiger partial charge < -0.3 is 15.4 Å². The fourth-order valence-electron chi connectivity index (χ4n) is 2.58. The van der Waals surface area contributed by atoms with Crippen LogP contribution in [0.15, 0.2) is 59.6 Å². The molecule has 1 aliphatic rings. The Morgan fingerprint density at radius 1 is 0.923 bits per heavy atom. The molecule has 0 bridgehead atoms. The third-order valence-corrected chi connectivity index (χ3v) is 4.34. The Hall–Kier alpha value is -1.60. The van der Waals surface area contributed by atoms with Crippen molar-refractivity contribution in [3.63, 3.8) is 0 Å². The van der Waals surface area contributed by atoms with Crippen molar-refractivity contribution in [1.29, 1.82) is 0 Å². The lowest BCUT2D eigenvalue weighted by molar-refractivity contribution is 0.107. The first-order valence-corrected chi connectivity index (χ1v) is 8.97. The van der Waals surface area contributed by atoms with Gasteiger partial charge in [-0.1, -0.05) is 54.6 Å². The van der Waals surface area contributed by atoms with Gasteiger partial charge in [-0.2, -0.15) is 0 Å². The number of hydrogen-bond acceptors (Lipinski definition) is 2. The Labute approximate surface area is 173 Å². The van der Waals surface area contributed by atoms with Gasteiger partial charge in [-0.15, -0.1) is 24.0 Å². The maximum Gasteiger partial charge on any atom is 0.191 e. The molecular weight excluding hydrogens is 437 g/mol. The Balaban J connectivity index is 0.00000243. The molecule has 4 nitrogen and oxygen atoms in total. The van der Waals surface area contributed by atoms with Gasteiger partial charge in [0.05, 0.1) is 13.2 Å². The zero-order valence-electron chi connectivity index (χ0n) is 15.3. The predicted molar refractivity (Wildman–Crippen MR) is 118 cm³/mol. The Kier molecular flexibility index (Phi) is 8.91. The molecule has 0 atom stereocenters. The molecule has 2 aromatic rings. The van der Waals surface area contributed by atoms with E-state index in [0.29, 0.717) is 13.2 Å². The fraction of sp³-hybridized carbons (Fsp3) is 0.381. The summed E-state index contributed by atoms with van der Waals surface area (Å²) in [6, 6.07) is 18.8. The highest BCUT2D eigenvalue weighted by Gasteiger charge is 2.20. The monoisotopic (exact) mass is 465 g/mol. The molecule has 1 saturated carbocycles. The molecule has 0 heterocycles. The van der Waals surface area contributed by atoms with Crippen molar-refractivity contribution in [2.45, 2.75) is 32.6 Å². The van der Waals surface area contributed by atoms with Crippen LogP contribution in [0.4, 0.5) is 0 Å². The molecule has 3 rings (SSSR count). The van der Waals surface area contributed by atoms with Gasteiger partial charge in [-0.25, -0.2) is 0 Å². The second-order valence-corrected chi connectivity index (χ2v) is 6.54. The van der Waals surface area contributed by atoms with E-state index in [0.717, 1.165) is 25.0 Å². The van der Waals surface area contributed by atoms with Crippen molar-refractivity contribution in [1.82, 2.24) is 10.6 Å². The SMILES string of the molecule is CN=C(NCc1ccc(COCc2ccccc2)cc1)NCC1CC1.I. The van der Waals surface area contributed by atoms with Crippen molar-refractivity contribution < 1.29 is 4.74 Å². The molecule has 26 heavy (non-hydrogen) atoms. The largest absolute Gasteiger partial charge is 0.372 e. The summed E-state index contributed by atoms with van der Waals surface area (Å²) in [4.78, 5) is 4.26. The molecule has 0 unspecified atom stereocenters. The smallest absolute Gasteiger partial charge is 0.191 e. The van der Waals surface area contributed by atoms with Gasteiger partial charge >= 0.3 is 0 Å². The highest BCUT2D eigenvalue weighted by atomic mass is 127. The molecule has 140 valence electrons. The second kappa shape index (κ2) is 11.2. The van der Waals surface area contributed by atoms with E-state index in [1.807, 2.05) is 25.2 Å². The molecular formula is C21H28IN3O. The molecule has 2 aromatic carbocycles. The average Bonchev–Trinajstić information content (AvgIpc) is 3.48. The topological polar surface area (TPSA) is 45.7 Å². The predicted octanol–water partition coefficient (Wildman–Crippen LogP) is 4.10. The van der Waals surface area contributed by atoms with Crippen molar-refractivity contribution in [2.75, 3.05) is 13.6 Å². The quantitative estimate of drug-likeness (QED) is 0.351. The molecule has 0 spiro atoms. The van der Waals surface area contributed by atoms with Crippen LogP contribution < -0.4 is 10.6 Å². The number of hydrogen-bond donors (Lipinski definition) is 2. The van der Waals surface area contributed by atoms with Crippen molar-refractivity contribution >= 4 is 29.9 Å². The zero-order valence-corrected chi connectivity index (χ0v) is 17.6. The third-order valence-electron chi connectivity index (χ3n) is 4.34. The van der Waals surface area contributed by atoms with E-state index in [9.17, 15) is 0 Å². The van der Waals surface area contributed by atoms with E-state index in [-0.39, 0.29) is 24.0 Å². The van der Waals surface area contributed by atoms with Crippen LogP contribution in [0.5, 0.6) is 0 Å². The first kappa shape index (κ1) is 20.7. The zero-order chi connectivity index (χ0) is 17.3. The van der Waals surface area contributed by atoms with E-state index in [2.05, 4.69) is 52.0 Å². The fourth-order valence-corrected chi connectivity index (χ4v) is 2.58. The standard InChI is InChI=1S/C21H27N3O.HI/c1-22-21(23-13-17-7-8-17)24-14-18-9-11-20(12-10-18)16-25-15-19-5-3-2-4-6-19;/h2-6,9-12,17H,7-8,13-16H2,1H3,(H2,22,23,24);1H. The number of rotatable bonds is 8. The first-order valence-electron chi connectivity index (χ1n) is 8.97. The number of nitrogens with zero attached hydrogens (tertiary/aromatic N) is 1. The molecule has 5 heteroatoms. The molecule has 1 fully saturated rings. The Bertz CT molecular complexity index is 669. The molecule has 0 amide bonds. The molecule has 0 aromatic heterocycles. The summed E-state index contributed by atoms with van der Waals surface area (Å²) in [5.41, 5.74) is 3.63. The van der Waals surface area contributed by atoms with Crippen molar-refractivity contribution in [3.05, 3.63) is 71.3 Å². The van der Waals surface area contributed by atoms with Crippen LogP contribution in [0.2, 0.25) is 0 Å². The molecule has 0 radical (unpaired) electrons. The van der Waals surface area contributed by atoms with Crippen LogP contribution in [-0.4, -0.2) is 19.6 Å². The van der Waals surface area contributed by atoms with Crippen LogP contribution in [0.3, 0.4) is 0 Å². The summed E-state index contributed by atoms with van der Waals surface area (Å²) < 4.78 is 5.78. The first-order chi connectivity index (χ1) is 12.3. The normalized spacial score (nSPS) is 13.8. The van der Waals surface area contributed by atoms with E-state index < -0.39 is 0 Å². The van der Waals surface area contributed by atoms with E-state index in [1.165, 1.54) is 29.5 Å². The summed E-state index contributed by atoms with van der Waals surface area (Å²) in [5, 5.41) is 6.74. The molecule has 1 aliphatic carbocycles. The Morgan fingerprint density at radius 2 is 1.54 bits per heavy atom. The molecule has 0 saturated heterocycles. The average molecular weight is 465 g/mol. The van der Waals surface area contributed by atoms with Gasteiger partial charge in [-0.05, 0) is 35.4 Å². The summed E-state index contributed by atoms with van der Waals surface area (Å²) >= 11 is 0. The number of aliphatic imine (C=N–C) groups is 1. The molecule has 0 aliphatic heterocycles. The van der Waals surface area contributed by atoms with E-state index >= 15 is 0 Å². The van der Waals surface area contributed by atoms with Gasteiger partial charge in [0, 0.05) is 20.1 Å². The number of guanidine groups is 1. The Morgan fingerprint density at radius 3 is 2.15 bits per heavy atom. The maximum atomic E-state index is 5.78. The van der Waals surface area contributed by atoms with Crippen molar-refractivity contribution in [2.24, 2.45) is 10.9 Å². The van der Waals surface area contributed by atoms with Crippen LogP contribution in [-0.2, 0) is 24.5 Å². The van der Waals surface area contributed by atoms with Gasteiger partial charge in [0.15, 0.2) is 5.96 Å². The number of benzene rings is 2. The maximum absolute atomic E-state index is 5.78. The van der Waals surface area contributed by atoms with E-state index in [1.54, 1.807) is 0 Å². The minimum Gasteiger partial charge on any atom is -0.372 e. The minimum absolute atomic E-state index is 0. The number of halogens is 1. The van der Waals surface area contributed by atoms with Crippen molar-refractivity contribution in [3.8, 4) is 0 Å². The van der Waals surface area contributed by atoms with Gasteiger partial charge in [-0.3, -0.25) is 4.99 Å². The third kappa shape index (κ3) is 7.33. The second-order valence-electron chi connectivity index (χ2n) is 6.54. The van der Waals surface area contributed by atoms with Gasteiger partial charge in [0.1, 0.15) is 0 Å². The van der Waals surface area contributed by atoms with Crippen LogP contribution in [0.25, 0.3) is 0 Å². The lowest BCUT2D eigenvalue weighted by atomic mass is 10.1. The van der Waals surface area contributed by atoms with Gasteiger partial charge in [0.25, 0.3) is 0 Å². The summed E-state index contributed by atoms with van der Waals surface area (Å²) in [6.45, 7) is 3.08. The summed E-state index contributed by atoms with van der Waals surface area (Å²) in [6.07, 6.45) is 2.69. The summed E-state index contributed by atoms with van der Waals surface area (Å²) in [7, 11) is 1.81. The lowest BCUT2D eigenvalue weighted by Gasteiger charge is -2.12. The van der Waals surface area contributed by atoms with Crippen LogP contribution in [0, 0.1) is 5.92 Å². The van der Waals surface area contributed by atoms with E-state index in [4.69, 9.17) is 4.74 Å². The number of ether oxygens (including phenoxy) is 1. The van der Waals surface area contributed by atoms with Gasteiger partial charge in [0.2, 0.25) is 0 Å². The van der Waals surface area contributed by atoms with Crippen LogP contribution in [0.1, 0.15) is 29.5 Å². The molecule has 2 N–H and O–H groups in total.